The lowest BCUT2D eigenvalue weighted by atomic mass is 10.0. The average Bonchev–Trinajstić information content (AvgIpc) is 3.24. The monoisotopic (exact) mass is 479 g/mol. The van der Waals surface area contributed by atoms with E-state index >= 15 is 0 Å². The number of aliphatic carboxylic acids is 1. The van der Waals surface area contributed by atoms with Crippen molar-refractivity contribution in [3.8, 4) is 11.3 Å². The number of carboxylic acid groups (broad SMARTS) is 1. The number of carboxylic acids is 1. The second-order valence-electron chi connectivity index (χ2n) is 7.79. The molecule has 0 spiro atoms. The number of amides is 2. The van der Waals surface area contributed by atoms with Crippen LogP contribution in [0.5, 0.6) is 0 Å². The summed E-state index contributed by atoms with van der Waals surface area (Å²) in [6, 6.07) is -0.777. The number of carbonyl (C=O) groups excluding carboxylic acids is 2. The number of hydrogen-bond donors (Lipinski definition) is 3. The molecule has 0 aliphatic carbocycles. The summed E-state index contributed by atoms with van der Waals surface area (Å²) < 4.78 is 13.1. The first kappa shape index (κ1) is 26.2. The highest BCUT2D eigenvalue weighted by Crippen LogP contribution is 2.15. The smallest absolute Gasteiger partial charge is 0.342 e. The van der Waals surface area contributed by atoms with E-state index in [1.165, 1.54) is 6.26 Å². The summed E-state index contributed by atoms with van der Waals surface area (Å²) >= 11 is -1.24. The maximum atomic E-state index is 12.2. The van der Waals surface area contributed by atoms with Gasteiger partial charge in [-0.25, -0.2) is 0 Å². The first-order valence-electron chi connectivity index (χ1n) is 10.5. The van der Waals surface area contributed by atoms with E-state index in [-0.39, 0.29) is 23.4 Å². The minimum absolute atomic E-state index is 0.171. The molecule has 0 fully saturated rings. The van der Waals surface area contributed by atoms with Crippen LogP contribution in [0.15, 0.2) is 23.7 Å². The Balaban J connectivity index is 1.72. The number of nitrogens with zero attached hydrogens (tertiary/aromatic N) is 5. The number of aromatic nitrogens is 5. The summed E-state index contributed by atoms with van der Waals surface area (Å²) in [6.45, 7) is 3.70. The van der Waals surface area contributed by atoms with Crippen LogP contribution in [-0.2, 0) is 32.1 Å². The van der Waals surface area contributed by atoms with Crippen LogP contribution in [0.2, 0.25) is 0 Å². The van der Waals surface area contributed by atoms with E-state index in [2.05, 4.69) is 30.9 Å². The molecule has 0 saturated carbocycles. The van der Waals surface area contributed by atoms with Crippen LogP contribution in [0.3, 0.4) is 0 Å². The lowest BCUT2D eigenvalue weighted by Gasteiger charge is -2.21. The average molecular weight is 480 g/mol. The van der Waals surface area contributed by atoms with E-state index in [1.54, 1.807) is 37.1 Å². The van der Waals surface area contributed by atoms with E-state index in [1.807, 2.05) is 0 Å². The lowest BCUT2D eigenvalue weighted by Crippen LogP contribution is -2.50. The Labute approximate surface area is 194 Å². The molecule has 0 radical (unpaired) electrons. The van der Waals surface area contributed by atoms with Crippen molar-refractivity contribution in [2.75, 3.05) is 12.8 Å². The van der Waals surface area contributed by atoms with Gasteiger partial charge in [-0.1, -0.05) is 25.5 Å². The van der Waals surface area contributed by atoms with Gasteiger partial charge >= 0.3 is 11.1 Å². The SMILES string of the molecule is CC(C)C(NC(=O)CCCCCn1cc(-c2cnc([S+](C)[O-])nc2)nn1)C(=O)NCC(=O)O. The molecule has 2 aromatic heterocycles. The molecule has 0 bridgehead atoms. The number of rotatable bonds is 13. The first-order chi connectivity index (χ1) is 15.7. The second-order valence-corrected chi connectivity index (χ2v) is 9.06. The van der Waals surface area contributed by atoms with E-state index in [4.69, 9.17) is 5.11 Å². The van der Waals surface area contributed by atoms with Crippen molar-refractivity contribution in [2.24, 2.45) is 5.92 Å². The van der Waals surface area contributed by atoms with Gasteiger partial charge < -0.3 is 20.3 Å². The van der Waals surface area contributed by atoms with Crippen molar-refractivity contribution in [1.29, 1.82) is 0 Å². The van der Waals surface area contributed by atoms with Crippen LogP contribution in [0.25, 0.3) is 11.3 Å². The van der Waals surface area contributed by atoms with Gasteiger partial charge in [-0.3, -0.25) is 19.1 Å². The molecule has 3 N–H and O–H groups in total. The molecule has 2 aromatic rings. The molecule has 2 amide bonds. The topological polar surface area (TPSA) is 175 Å². The minimum atomic E-state index is -1.24. The van der Waals surface area contributed by atoms with E-state index in [0.717, 1.165) is 12.8 Å². The zero-order chi connectivity index (χ0) is 24.4. The number of nitrogens with one attached hydrogen (secondary N) is 2. The molecule has 0 aliphatic heterocycles. The van der Waals surface area contributed by atoms with Crippen molar-refractivity contribution < 1.29 is 24.0 Å². The number of carbonyl (C=O) groups is 3. The van der Waals surface area contributed by atoms with Crippen molar-refractivity contribution >= 4 is 29.0 Å². The maximum Gasteiger partial charge on any atom is 0.342 e. The Kier molecular flexibility index (Phi) is 10.2. The Morgan fingerprint density at radius 3 is 2.48 bits per heavy atom. The minimum Gasteiger partial charge on any atom is -0.609 e. The van der Waals surface area contributed by atoms with Crippen molar-refractivity contribution in [3.05, 3.63) is 18.6 Å². The fourth-order valence-electron chi connectivity index (χ4n) is 2.93. The lowest BCUT2D eigenvalue weighted by molar-refractivity contribution is -0.138. The summed E-state index contributed by atoms with van der Waals surface area (Å²) in [4.78, 5) is 43.0. The third-order valence-electron chi connectivity index (χ3n) is 4.69. The van der Waals surface area contributed by atoms with Gasteiger partial charge in [0.2, 0.25) is 11.8 Å². The van der Waals surface area contributed by atoms with E-state index in [9.17, 15) is 18.9 Å². The molecular weight excluding hydrogens is 450 g/mol. The van der Waals surface area contributed by atoms with E-state index < -0.39 is 35.6 Å². The van der Waals surface area contributed by atoms with E-state index in [0.29, 0.717) is 24.2 Å². The highest BCUT2D eigenvalue weighted by atomic mass is 32.2. The standard InChI is InChI=1S/C20H29N7O5S/c1-13(2)18(19(31)21-11-17(29)30)24-16(28)7-5-4-6-8-27-12-15(25-26-27)14-9-22-20(23-10-14)33(3)32/h9-10,12-13,18H,4-8,11H2,1-3H3,(H,21,31)(H,24,28)(H,29,30). The Morgan fingerprint density at radius 1 is 1.18 bits per heavy atom. The largest absolute Gasteiger partial charge is 0.609 e. The zero-order valence-corrected chi connectivity index (χ0v) is 19.7. The fraction of sp³-hybridized carbons (Fsp3) is 0.550. The third kappa shape index (κ3) is 8.77. The molecule has 13 heteroatoms. The van der Waals surface area contributed by atoms with Crippen molar-refractivity contribution in [1.82, 2.24) is 35.6 Å². The summed E-state index contributed by atoms with van der Waals surface area (Å²) in [7, 11) is 0. The Hall–Kier alpha value is -3.06. The molecule has 2 atom stereocenters. The highest BCUT2D eigenvalue weighted by Gasteiger charge is 2.24. The molecule has 0 aromatic carbocycles. The molecule has 0 saturated heterocycles. The number of aryl methyl sites for hydroxylation is 1. The van der Waals surface area contributed by atoms with Gasteiger partial charge in [0.1, 0.15) is 24.5 Å². The molecular formula is C20H29N7O5S. The normalized spacial score (nSPS) is 12.9. The fourth-order valence-corrected chi connectivity index (χ4v) is 3.33. The van der Waals surface area contributed by atoms with Crippen LogP contribution in [-0.4, -0.2) is 71.2 Å². The third-order valence-corrected chi connectivity index (χ3v) is 5.42. The predicted octanol–water partition coefficient (Wildman–Crippen LogP) is 0.375. The van der Waals surface area contributed by atoms with Crippen LogP contribution < -0.4 is 10.6 Å². The maximum absolute atomic E-state index is 12.2. The van der Waals surface area contributed by atoms with Gasteiger partial charge in [-0.2, -0.15) is 9.97 Å². The Bertz CT molecular complexity index is 933. The molecule has 180 valence electrons. The van der Waals surface area contributed by atoms with Crippen LogP contribution in [0.1, 0.15) is 39.5 Å². The number of unbranched alkanes of at least 4 members (excludes halogenated alkanes) is 2. The van der Waals surface area contributed by atoms with Crippen LogP contribution in [0.4, 0.5) is 0 Å². The van der Waals surface area contributed by atoms with Gasteiger partial charge in [-0.05, 0) is 18.8 Å². The van der Waals surface area contributed by atoms with Gasteiger partial charge in [0, 0.05) is 42.1 Å². The molecule has 2 heterocycles. The molecule has 12 nitrogen and oxygen atoms in total. The predicted molar refractivity (Wildman–Crippen MR) is 119 cm³/mol. The molecule has 33 heavy (non-hydrogen) atoms. The molecule has 0 aliphatic rings. The Morgan fingerprint density at radius 2 is 1.88 bits per heavy atom. The van der Waals surface area contributed by atoms with Crippen molar-refractivity contribution in [3.63, 3.8) is 0 Å². The first-order valence-corrected chi connectivity index (χ1v) is 12.1. The molecule has 2 unspecified atom stereocenters. The summed E-state index contributed by atoms with van der Waals surface area (Å²) in [5.41, 5.74) is 1.29. The highest BCUT2D eigenvalue weighted by molar-refractivity contribution is 7.90. The zero-order valence-electron chi connectivity index (χ0n) is 18.9. The molecule has 2 rings (SSSR count). The second kappa shape index (κ2) is 12.8. The summed E-state index contributed by atoms with van der Waals surface area (Å²) in [5.74, 6) is -2.07. The van der Waals surface area contributed by atoms with Gasteiger partial charge in [0.15, 0.2) is 0 Å². The van der Waals surface area contributed by atoms with Crippen molar-refractivity contribution in [2.45, 2.75) is 57.3 Å². The summed E-state index contributed by atoms with van der Waals surface area (Å²) in [6.07, 6.45) is 8.87. The quantitative estimate of drug-likeness (QED) is 0.208. The van der Waals surface area contributed by atoms with Gasteiger partial charge in [0.25, 0.3) is 0 Å². The summed E-state index contributed by atoms with van der Waals surface area (Å²) in [5, 5.41) is 22.1. The van der Waals surface area contributed by atoms with Crippen LogP contribution >= 0.6 is 0 Å². The van der Waals surface area contributed by atoms with Crippen LogP contribution in [0, 0.1) is 5.92 Å². The van der Waals surface area contributed by atoms with Gasteiger partial charge in [-0.15, -0.1) is 5.10 Å². The van der Waals surface area contributed by atoms with Gasteiger partial charge in [0.05, 0.1) is 6.20 Å². The number of hydrogen-bond acceptors (Lipinski definition) is 8.